The highest BCUT2D eigenvalue weighted by molar-refractivity contribution is 6.03. The molecule has 2 N–H and O–H groups in total. The number of hydrogen-bond acceptors (Lipinski definition) is 5. The zero-order chi connectivity index (χ0) is 20.1. The molecule has 2 aromatic carbocycles. The Morgan fingerprint density at radius 3 is 2.04 bits per heavy atom. The number of alkyl halides is 3. The number of anilines is 3. The SMILES string of the molecule is COc1ccc(Nc2ccc(NC(=O)c3ccc(C(F)(F)F)cc3)nn2)cc1. The number of nitrogens with zero attached hydrogens (tertiary/aromatic N) is 2. The van der Waals surface area contributed by atoms with Gasteiger partial charge in [-0.15, -0.1) is 10.2 Å². The summed E-state index contributed by atoms with van der Waals surface area (Å²) < 4.78 is 42.8. The Morgan fingerprint density at radius 2 is 1.50 bits per heavy atom. The van der Waals surface area contributed by atoms with Crippen LogP contribution in [0.4, 0.5) is 30.5 Å². The molecule has 1 amide bonds. The van der Waals surface area contributed by atoms with E-state index in [2.05, 4.69) is 20.8 Å². The highest BCUT2D eigenvalue weighted by atomic mass is 19.4. The van der Waals surface area contributed by atoms with Gasteiger partial charge in [-0.25, -0.2) is 0 Å². The van der Waals surface area contributed by atoms with Gasteiger partial charge < -0.3 is 15.4 Å². The molecule has 0 radical (unpaired) electrons. The molecule has 0 bridgehead atoms. The number of carbonyl (C=O) groups excluding carboxylic acids is 1. The lowest BCUT2D eigenvalue weighted by molar-refractivity contribution is -0.137. The van der Waals surface area contributed by atoms with Gasteiger partial charge in [-0.2, -0.15) is 13.2 Å². The monoisotopic (exact) mass is 388 g/mol. The first kappa shape index (κ1) is 19.2. The molecule has 28 heavy (non-hydrogen) atoms. The molecule has 0 saturated carbocycles. The van der Waals surface area contributed by atoms with Crippen molar-refractivity contribution in [2.24, 2.45) is 0 Å². The first-order valence-corrected chi connectivity index (χ1v) is 8.08. The lowest BCUT2D eigenvalue weighted by Crippen LogP contribution is -2.14. The molecule has 0 spiro atoms. The van der Waals surface area contributed by atoms with Crippen LogP contribution in [-0.4, -0.2) is 23.2 Å². The Labute approximate surface area is 158 Å². The molecule has 0 atom stereocenters. The summed E-state index contributed by atoms with van der Waals surface area (Å²) in [5.74, 6) is 0.764. The van der Waals surface area contributed by atoms with E-state index in [1.54, 1.807) is 37.4 Å². The van der Waals surface area contributed by atoms with Crippen molar-refractivity contribution >= 4 is 23.2 Å². The summed E-state index contributed by atoms with van der Waals surface area (Å²) in [7, 11) is 1.58. The van der Waals surface area contributed by atoms with E-state index in [9.17, 15) is 18.0 Å². The fourth-order valence-electron chi connectivity index (χ4n) is 2.29. The van der Waals surface area contributed by atoms with E-state index in [1.807, 2.05) is 0 Å². The number of halogens is 3. The number of amides is 1. The number of methoxy groups -OCH3 is 1. The Morgan fingerprint density at radius 1 is 0.893 bits per heavy atom. The summed E-state index contributed by atoms with van der Waals surface area (Å²) in [6.45, 7) is 0. The molecule has 0 aliphatic rings. The van der Waals surface area contributed by atoms with Crippen LogP contribution in [-0.2, 0) is 6.18 Å². The van der Waals surface area contributed by atoms with Gasteiger partial charge in [-0.05, 0) is 60.7 Å². The maximum atomic E-state index is 12.6. The zero-order valence-electron chi connectivity index (χ0n) is 14.6. The number of hydrogen-bond donors (Lipinski definition) is 2. The minimum absolute atomic E-state index is 0.0789. The largest absolute Gasteiger partial charge is 0.497 e. The number of aromatic nitrogens is 2. The number of nitrogens with one attached hydrogen (secondary N) is 2. The van der Waals surface area contributed by atoms with Crippen LogP contribution in [0.2, 0.25) is 0 Å². The lowest BCUT2D eigenvalue weighted by atomic mass is 10.1. The lowest BCUT2D eigenvalue weighted by Gasteiger charge is -2.09. The van der Waals surface area contributed by atoms with Crippen LogP contribution < -0.4 is 15.4 Å². The molecule has 0 aliphatic carbocycles. The number of ether oxygens (including phenoxy) is 1. The summed E-state index contributed by atoms with van der Waals surface area (Å²) in [5, 5.41) is 13.4. The van der Waals surface area contributed by atoms with Gasteiger partial charge in [0.2, 0.25) is 0 Å². The Hall–Kier alpha value is -3.62. The fraction of sp³-hybridized carbons (Fsp3) is 0.105. The van der Waals surface area contributed by atoms with Gasteiger partial charge in [0.05, 0.1) is 12.7 Å². The van der Waals surface area contributed by atoms with E-state index in [-0.39, 0.29) is 11.4 Å². The van der Waals surface area contributed by atoms with Crippen LogP contribution in [0.25, 0.3) is 0 Å². The van der Waals surface area contributed by atoms with Gasteiger partial charge in [0.15, 0.2) is 11.6 Å². The highest BCUT2D eigenvalue weighted by Gasteiger charge is 2.30. The minimum Gasteiger partial charge on any atom is -0.497 e. The summed E-state index contributed by atoms with van der Waals surface area (Å²) >= 11 is 0. The van der Waals surface area contributed by atoms with E-state index in [1.165, 1.54) is 6.07 Å². The Bertz CT molecular complexity index is 941. The number of benzene rings is 2. The van der Waals surface area contributed by atoms with Crippen molar-refractivity contribution in [3.05, 3.63) is 71.8 Å². The van der Waals surface area contributed by atoms with Gasteiger partial charge >= 0.3 is 6.18 Å². The predicted octanol–water partition coefficient (Wildman–Crippen LogP) is 4.50. The van der Waals surface area contributed by atoms with Gasteiger partial charge in [0.25, 0.3) is 5.91 Å². The first-order chi connectivity index (χ1) is 13.3. The standard InChI is InChI=1S/C19H15F3N4O2/c1-28-15-8-6-14(7-9-15)23-16-10-11-17(26-25-16)24-18(27)12-2-4-13(5-3-12)19(20,21)22/h2-11H,1H3,(H,23,25)(H,24,26,27). The fourth-order valence-corrected chi connectivity index (χ4v) is 2.29. The summed E-state index contributed by atoms with van der Waals surface area (Å²) in [6.07, 6.45) is -4.45. The van der Waals surface area contributed by atoms with Crippen molar-refractivity contribution in [1.29, 1.82) is 0 Å². The van der Waals surface area contributed by atoms with Crippen LogP contribution in [0, 0.1) is 0 Å². The molecule has 9 heteroatoms. The molecule has 3 aromatic rings. The second-order valence-corrected chi connectivity index (χ2v) is 5.69. The van der Waals surface area contributed by atoms with E-state index in [0.29, 0.717) is 5.82 Å². The van der Waals surface area contributed by atoms with Gasteiger partial charge in [0.1, 0.15) is 5.75 Å². The Balaban J connectivity index is 1.62. The third kappa shape index (κ3) is 4.76. The summed E-state index contributed by atoms with van der Waals surface area (Å²) in [4.78, 5) is 12.1. The van der Waals surface area contributed by atoms with Gasteiger partial charge in [-0.1, -0.05) is 0 Å². The molecule has 3 rings (SSSR count). The van der Waals surface area contributed by atoms with Crippen molar-refractivity contribution < 1.29 is 22.7 Å². The minimum atomic E-state index is -4.45. The third-order valence-corrected chi connectivity index (χ3v) is 3.74. The van der Waals surface area contributed by atoms with Crippen molar-refractivity contribution in [3.63, 3.8) is 0 Å². The molecule has 0 unspecified atom stereocenters. The average molecular weight is 388 g/mol. The van der Waals surface area contributed by atoms with Crippen molar-refractivity contribution in [3.8, 4) is 5.75 Å². The van der Waals surface area contributed by atoms with Crippen LogP contribution in [0.3, 0.4) is 0 Å². The molecule has 6 nitrogen and oxygen atoms in total. The average Bonchev–Trinajstić information content (AvgIpc) is 2.69. The first-order valence-electron chi connectivity index (χ1n) is 8.08. The van der Waals surface area contributed by atoms with Crippen LogP contribution in [0.15, 0.2) is 60.7 Å². The van der Waals surface area contributed by atoms with Gasteiger partial charge in [0, 0.05) is 11.3 Å². The zero-order valence-corrected chi connectivity index (χ0v) is 14.6. The molecule has 1 heterocycles. The van der Waals surface area contributed by atoms with Crippen LogP contribution in [0.5, 0.6) is 5.75 Å². The van der Waals surface area contributed by atoms with E-state index >= 15 is 0 Å². The van der Waals surface area contributed by atoms with E-state index < -0.39 is 17.6 Å². The summed E-state index contributed by atoms with van der Waals surface area (Å²) in [5.41, 5.74) is 0.0321. The van der Waals surface area contributed by atoms with Crippen LogP contribution in [0.1, 0.15) is 15.9 Å². The number of carbonyl (C=O) groups is 1. The van der Waals surface area contributed by atoms with Crippen molar-refractivity contribution in [1.82, 2.24) is 10.2 Å². The second-order valence-electron chi connectivity index (χ2n) is 5.69. The maximum absolute atomic E-state index is 12.6. The summed E-state index contributed by atoms with van der Waals surface area (Å²) in [6, 6.07) is 14.2. The van der Waals surface area contributed by atoms with Crippen LogP contribution >= 0.6 is 0 Å². The highest BCUT2D eigenvalue weighted by Crippen LogP contribution is 2.29. The maximum Gasteiger partial charge on any atom is 0.416 e. The third-order valence-electron chi connectivity index (χ3n) is 3.74. The molecule has 0 saturated heterocycles. The van der Waals surface area contributed by atoms with E-state index in [0.717, 1.165) is 35.7 Å². The number of rotatable bonds is 5. The Kier molecular flexibility index (Phi) is 5.44. The molecule has 144 valence electrons. The van der Waals surface area contributed by atoms with Crippen molar-refractivity contribution in [2.45, 2.75) is 6.18 Å². The normalized spacial score (nSPS) is 11.0. The molecular weight excluding hydrogens is 373 g/mol. The second kappa shape index (κ2) is 7.95. The molecule has 1 aromatic heterocycles. The van der Waals surface area contributed by atoms with Crippen molar-refractivity contribution in [2.75, 3.05) is 17.7 Å². The quantitative estimate of drug-likeness (QED) is 0.673. The topological polar surface area (TPSA) is 76.1 Å². The molecule has 0 fully saturated rings. The molecule has 0 aliphatic heterocycles. The predicted molar refractivity (Wildman–Crippen MR) is 97.7 cm³/mol. The molecular formula is C19H15F3N4O2. The van der Waals surface area contributed by atoms with E-state index in [4.69, 9.17) is 4.74 Å². The van der Waals surface area contributed by atoms with Gasteiger partial charge in [-0.3, -0.25) is 4.79 Å². The smallest absolute Gasteiger partial charge is 0.416 e.